The summed E-state index contributed by atoms with van der Waals surface area (Å²) < 4.78 is 2.16. The molecule has 0 unspecified atom stereocenters. The number of aromatic amines is 1. The van der Waals surface area contributed by atoms with Gasteiger partial charge in [0.05, 0.1) is 11.0 Å². The summed E-state index contributed by atoms with van der Waals surface area (Å²) in [5.41, 5.74) is 6.39. The maximum atomic E-state index is 12.8. The van der Waals surface area contributed by atoms with Gasteiger partial charge in [0.15, 0.2) is 0 Å². The lowest BCUT2D eigenvalue weighted by molar-refractivity contribution is 0.102. The van der Waals surface area contributed by atoms with Gasteiger partial charge in [-0.2, -0.15) is 0 Å². The average Bonchev–Trinajstić information content (AvgIpc) is 3.42. The van der Waals surface area contributed by atoms with Crippen molar-refractivity contribution in [2.45, 2.75) is 13.5 Å². The van der Waals surface area contributed by atoms with Crippen LogP contribution in [0.2, 0.25) is 0 Å². The molecular weight excluding hydrogens is 398 g/mol. The molecule has 0 aliphatic carbocycles. The Bertz CT molecular complexity index is 1430. The van der Waals surface area contributed by atoms with Gasteiger partial charge in [0.2, 0.25) is 0 Å². The Labute approximate surface area is 186 Å². The molecule has 160 valence electrons. The number of H-pyrrole nitrogens is 1. The van der Waals surface area contributed by atoms with Gasteiger partial charge < -0.3 is 19.8 Å². The van der Waals surface area contributed by atoms with Gasteiger partial charge in [-0.3, -0.25) is 4.79 Å². The molecule has 0 spiro atoms. The molecule has 2 aromatic heterocycles. The highest BCUT2D eigenvalue weighted by molar-refractivity contribution is 6.07. The van der Waals surface area contributed by atoms with E-state index in [1.54, 1.807) is 0 Å². The van der Waals surface area contributed by atoms with Crippen LogP contribution >= 0.6 is 0 Å². The number of carbonyl (C=O) groups excluding carboxylic acids is 1. The lowest BCUT2D eigenvalue weighted by atomic mass is 10.1. The van der Waals surface area contributed by atoms with Gasteiger partial charge in [0.25, 0.3) is 5.91 Å². The van der Waals surface area contributed by atoms with Gasteiger partial charge in [0, 0.05) is 60.2 Å². The normalized spacial score (nSPS) is 11.2. The number of rotatable bonds is 5. The fourth-order valence-electron chi connectivity index (χ4n) is 3.96. The van der Waals surface area contributed by atoms with Crippen molar-refractivity contribution in [2.75, 3.05) is 24.3 Å². The number of benzene rings is 3. The fourth-order valence-corrected chi connectivity index (χ4v) is 3.96. The molecule has 5 aromatic rings. The molecule has 6 nitrogen and oxygen atoms in total. The molecule has 0 aliphatic heterocycles. The predicted octanol–water partition coefficient (Wildman–Crippen LogP) is 5.52. The van der Waals surface area contributed by atoms with E-state index in [4.69, 9.17) is 4.98 Å². The van der Waals surface area contributed by atoms with Crippen LogP contribution in [-0.2, 0) is 6.54 Å². The first-order chi connectivity index (χ1) is 15.5. The first-order valence-electron chi connectivity index (χ1n) is 10.7. The van der Waals surface area contributed by atoms with Crippen molar-refractivity contribution in [1.82, 2.24) is 14.5 Å². The highest BCUT2D eigenvalue weighted by Gasteiger charge is 2.11. The van der Waals surface area contributed by atoms with Crippen molar-refractivity contribution < 1.29 is 4.79 Å². The topological polar surface area (TPSA) is 66.0 Å². The second-order valence-corrected chi connectivity index (χ2v) is 8.09. The van der Waals surface area contributed by atoms with E-state index in [1.165, 1.54) is 0 Å². The van der Waals surface area contributed by atoms with Gasteiger partial charge in [-0.25, -0.2) is 4.98 Å². The van der Waals surface area contributed by atoms with Crippen molar-refractivity contribution in [2.24, 2.45) is 0 Å². The third kappa shape index (κ3) is 3.60. The quantitative estimate of drug-likeness (QED) is 0.391. The Morgan fingerprint density at radius 1 is 1.03 bits per heavy atom. The summed E-state index contributed by atoms with van der Waals surface area (Å²) in [5.74, 6) is 0.675. The van der Waals surface area contributed by atoms with Crippen LogP contribution in [0, 0.1) is 0 Å². The summed E-state index contributed by atoms with van der Waals surface area (Å²) in [7, 11) is 4.04. The molecule has 0 radical (unpaired) electrons. The molecule has 0 bridgehead atoms. The number of hydrogen-bond acceptors (Lipinski definition) is 3. The smallest absolute Gasteiger partial charge is 0.255 e. The van der Waals surface area contributed by atoms with E-state index < -0.39 is 0 Å². The number of anilines is 2. The molecule has 0 saturated heterocycles. The number of aromatic nitrogens is 3. The van der Waals surface area contributed by atoms with E-state index >= 15 is 0 Å². The van der Waals surface area contributed by atoms with Gasteiger partial charge in [-0.1, -0.05) is 0 Å². The number of fused-ring (bicyclic) bond motifs is 2. The minimum atomic E-state index is -0.130. The molecule has 5 rings (SSSR count). The van der Waals surface area contributed by atoms with Crippen LogP contribution in [0.15, 0.2) is 72.9 Å². The standard InChI is InChI=1S/C26H25N5O/c1-4-31-14-13-18-15-19(7-12-24(18)31)26(32)27-20-8-11-22-23(16-20)29-25(28-22)17-5-9-21(10-6-17)30(2)3/h5-16H,4H2,1-3H3,(H,27,32)(H,28,29). The number of nitrogens with zero attached hydrogens (tertiary/aromatic N) is 3. The maximum Gasteiger partial charge on any atom is 0.255 e. The number of amides is 1. The first-order valence-corrected chi connectivity index (χ1v) is 10.7. The van der Waals surface area contributed by atoms with Gasteiger partial charge in [-0.05, 0) is 73.7 Å². The highest BCUT2D eigenvalue weighted by atomic mass is 16.1. The zero-order chi connectivity index (χ0) is 22.2. The number of carbonyl (C=O) groups is 1. The zero-order valence-corrected chi connectivity index (χ0v) is 18.4. The van der Waals surface area contributed by atoms with E-state index in [-0.39, 0.29) is 5.91 Å². The Hall–Kier alpha value is -4.06. The minimum absolute atomic E-state index is 0.130. The summed E-state index contributed by atoms with van der Waals surface area (Å²) in [6.45, 7) is 3.01. The molecule has 2 N–H and O–H groups in total. The zero-order valence-electron chi connectivity index (χ0n) is 18.4. The lowest BCUT2D eigenvalue weighted by Crippen LogP contribution is -2.11. The van der Waals surface area contributed by atoms with Gasteiger partial charge in [0.1, 0.15) is 5.82 Å². The van der Waals surface area contributed by atoms with Crippen LogP contribution in [0.1, 0.15) is 17.3 Å². The molecule has 32 heavy (non-hydrogen) atoms. The number of aryl methyl sites for hydroxylation is 1. The Balaban J connectivity index is 1.38. The van der Waals surface area contributed by atoms with Crippen molar-refractivity contribution in [1.29, 1.82) is 0 Å². The lowest BCUT2D eigenvalue weighted by Gasteiger charge is -2.11. The third-order valence-corrected chi connectivity index (χ3v) is 5.77. The van der Waals surface area contributed by atoms with Crippen LogP contribution < -0.4 is 10.2 Å². The minimum Gasteiger partial charge on any atom is -0.378 e. The maximum absolute atomic E-state index is 12.8. The van der Waals surface area contributed by atoms with Gasteiger partial charge >= 0.3 is 0 Å². The summed E-state index contributed by atoms with van der Waals surface area (Å²) in [5, 5.41) is 4.07. The van der Waals surface area contributed by atoms with E-state index in [0.717, 1.165) is 51.2 Å². The highest BCUT2D eigenvalue weighted by Crippen LogP contribution is 2.25. The number of imidazole rings is 1. The summed E-state index contributed by atoms with van der Waals surface area (Å²) in [6, 6.07) is 21.8. The van der Waals surface area contributed by atoms with Crippen LogP contribution in [0.4, 0.5) is 11.4 Å². The van der Waals surface area contributed by atoms with Crippen LogP contribution in [-0.4, -0.2) is 34.5 Å². The second-order valence-electron chi connectivity index (χ2n) is 8.09. The van der Waals surface area contributed by atoms with E-state index in [1.807, 2.05) is 62.8 Å². The second kappa shape index (κ2) is 7.89. The van der Waals surface area contributed by atoms with E-state index in [0.29, 0.717) is 5.56 Å². The Morgan fingerprint density at radius 3 is 2.59 bits per heavy atom. The van der Waals surface area contributed by atoms with E-state index in [2.05, 4.69) is 51.0 Å². The Morgan fingerprint density at radius 2 is 1.84 bits per heavy atom. The summed E-state index contributed by atoms with van der Waals surface area (Å²) in [4.78, 5) is 23.0. The van der Waals surface area contributed by atoms with Crippen molar-refractivity contribution >= 4 is 39.2 Å². The molecule has 0 fully saturated rings. The molecule has 6 heteroatoms. The molecule has 2 heterocycles. The van der Waals surface area contributed by atoms with Crippen molar-refractivity contribution in [3.63, 3.8) is 0 Å². The third-order valence-electron chi connectivity index (χ3n) is 5.77. The van der Waals surface area contributed by atoms with Crippen molar-refractivity contribution in [3.8, 4) is 11.4 Å². The molecule has 0 atom stereocenters. The molecule has 3 aromatic carbocycles. The molecule has 1 amide bonds. The predicted molar refractivity (Wildman–Crippen MR) is 131 cm³/mol. The van der Waals surface area contributed by atoms with Crippen LogP contribution in [0.25, 0.3) is 33.3 Å². The number of nitrogens with one attached hydrogen (secondary N) is 2. The van der Waals surface area contributed by atoms with Gasteiger partial charge in [-0.15, -0.1) is 0 Å². The van der Waals surface area contributed by atoms with Crippen LogP contribution in [0.3, 0.4) is 0 Å². The summed E-state index contributed by atoms with van der Waals surface area (Å²) >= 11 is 0. The SMILES string of the molecule is CCn1ccc2cc(C(=O)Nc3ccc4nc(-c5ccc(N(C)C)cc5)[nH]c4c3)ccc21. The number of hydrogen-bond donors (Lipinski definition) is 2. The Kier molecular flexibility index (Phi) is 4.90. The molecular formula is C26H25N5O. The van der Waals surface area contributed by atoms with Crippen molar-refractivity contribution in [3.05, 3.63) is 78.5 Å². The molecule has 0 saturated carbocycles. The first kappa shape index (κ1) is 19.9. The van der Waals surface area contributed by atoms with E-state index in [9.17, 15) is 4.79 Å². The fraction of sp³-hybridized carbons (Fsp3) is 0.154. The average molecular weight is 424 g/mol. The van der Waals surface area contributed by atoms with Crippen LogP contribution in [0.5, 0.6) is 0 Å². The molecule has 0 aliphatic rings. The monoisotopic (exact) mass is 423 g/mol. The largest absolute Gasteiger partial charge is 0.378 e. The summed E-state index contributed by atoms with van der Waals surface area (Å²) in [6.07, 6.45) is 2.05.